The molecule has 0 aliphatic carbocycles. The molecule has 0 aromatic heterocycles. The normalized spacial score (nSPS) is 10.6. The van der Waals surface area contributed by atoms with Crippen molar-refractivity contribution in [2.45, 2.75) is 0 Å². The fourth-order valence-electron chi connectivity index (χ4n) is 2.53. The van der Waals surface area contributed by atoms with Gasteiger partial charge in [0, 0.05) is 10.0 Å². The third-order valence-electron chi connectivity index (χ3n) is 4.00. The second-order valence-corrected chi connectivity index (χ2v) is 6.90. The fourth-order valence-corrected chi connectivity index (χ4v) is 2.93. The molecule has 0 heterocycles. The van der Waals surface area contributed by atoms with Gasteiger partial charge in [-0.3, -0.25) is 9.59 Å². The van der Waals surface area contributed by atoms with Crippen LogP contribution in [0.5, 0.6) is 5.75 Å². The highest BCUT2D eigenvalue weighted by atomic mass is 79.9. The number of hydrogen-bond acceptors (Lipinski definition) is 4. The Morgan fingerprint density at radius 3 is 2.45 bits per heavy atom. The van der Waals surface area contributed by atoms with E-state index in [4.69, 9.17) is 4.74 Å². The van der Waals surface area contributed by atoms with E-state index in [2.05, 4.69) is 31.8 Å². The number of carbonyl (C=O) groups is 2. The first-order chi connectivity index (χ1) is 14.1. The van der Waals surface area contributed by atoms with Gasteiger partial charge >= 0.3 is 0 Å². The summed E-state index contributed by atoms with van der Waals surface area (Å²) in [6, 6.07) is 21.0. The molecule has 7 heteroatoms. The highest BCUT2D eigenvalue weighted by Crippen LogP contribution is 2.18. The lowest BCUT2D eigenvalue weighted by Crippen LogP contribution is -2.21. The topological polar surface area (TPSA) is 79.8 Å². The van der Waals surface area contributed by atoms with E-state index in [1.165, 1.54) is 6.21 Å². The number of halogens is 1. The molecule has 0 spiro atoms. The summed E-state index contributed by atoms with van der Waals surface area (Å²) in [7, 11) is 1.59. The largest absolute Gasteiger partial charge is 0.497 e. The smallest absolute Gasteiger partial charge is 0.273 e. The number of nitrogens with one attached hydrogen (secondary N) is 2. The predicted octanol–water partition coefficient (Wildman–Crippen LogP) is 4.47. The number of benzene rings is 3. The molecule has 0 saturated carbocycles. The molecule has 0 aliphatic heterocycles. The third kappa shape index (κ3) is 5.52. The molecule has 0 unspecified atom stereocenters. The van der Waals surface area contributed by atoms with Crippen LogP contribution < -0.4 is 15.5 Å². The van der Waals surface area contributed by atoms with Crippen LogP contribution in [0.2, 0.25) is 0 Å². The van der Waals surface area contributed by atoms with Gasteiger partial charge < -0.3 is 10.1 Å². The number of methoxy groups -OCH3 is 1. The molecule has 0 radical (unpaired) electrons. The molecule has 3 rings (SSSR count). The molecule has 2 amide bonds. The molecule has 0 aliphatic rings. The molecule has 29 heavy (non-hydrogen) atoms. The Morgan fingerprint density at radius 2 is 1.72 bits per heavy atom. The average molecular weight is 452 g/mol. The fraction of sp³-hybridized carbons (Fsp3) is 0.0455. The molecular weight excluding hydrogens is 434 g/mol. The quantitative estimate of drug-likeness (QED) is 0.428. The lowest BCUT2D eigenvalue weighted by atomic mass is 10.1. The zero-order valence-electron chi connectivity index (χ0n) is 15.6. The van der Waals surface area contributed by atoms with Crippen LogP contribution in [0.25, 0.3) is 0 Å². The first-order valence-electron chi connectivity index (χ1n) is 8.70. The summed E-state index contributed by atoms with van der Waals surface area (Å²) in [5.74, 6) is -0.00510. The minimum Gasteiger partial charge on any atom is -0.497 e. The number of carbonyl (C=O) groups excluding carboxylic acids is 2. The Kier molecular flexibility index (Phi) is 6.76. The Labute approximate surface area is 176 Å². The number of hydrogen-bond donors (Lipinski definition) is 2. The van der Waals surface area contributed by atoms with Gasteiger partial charge in [0.15, 0.2) is 0 Å². The van der Waals surface area contributed by atoms with Crippen molar-refractivity contribution in [2.24, 2.45) is 5.10 Å². The van der Waals surface area contributed by atoms with Crippen LogP contribution in [-0.4, -0.2) is 25.1 Å². The van der Waals surface area contributed by atoms with E-state index in [0.717, 1.165) is 15.8 Å². The highest BCUT2D eigenvalue weighted by Gasteiger charge is 2.13. The number of amides is 2. The number of anilines is 1. The molecule has 0 atom stereocenters. The first kappa shape index (κ1) is 20.3. The van der Waals surface area contributed by atoms with Gasteiger partial charge in [0.25, 0.3) is 11.8 Å². The maximum atomic E-state index is 12.5. The Morgan fingerprint density at radius 1 is 0.966 bits per heavy atom. The van der Waals surface area contributed by atoms with Crippen LogP contribution >= 0.6 is 15.9 Å². The van der Waals surface area contributed by atoms with Crippen molar-refractivity contribution in [3.05, 3.63) is 94.0 Å². The van der Waals surface area contributed by atoms with E-state index in [1.54, 1.807) is 61.7 Å². The SMILES string of the molecule is COc1ccc(/C=N/NC(=O)c2ccccc2NC(=O)c2cccc(Br)c2)cc1. The summed E-state index contributed by atoms with van der Waals surface area (Å²) >= 11 is 3.34. The van der Waals surface area contributed by atoms with Gasteiger partial charge in [0.2, 0.25) is 0 Å². The Balaban J connectivity index is 1.69. The van der Waals surface area contributed by atoms with Crippen LogP contribution in [0, 0.1) is 0 Å². The van der Waals surface area contributed by atoms with E-state index >= 15 is 0 Å². The van der Waals surface area contributed by atoms with Crippen molar-refractivity contribution >= 4 is 39.6 Å². The van der Waals surface area contributed by atoms with Gasteiger partial charge in [-0.1, -0.05) is 34.1 Å². The minimum atomic E-state index is -0.431. The van der Waals surface area contributed by atoms with Crippen molar-refractivity contribution < 1.29 is 14.3 Å². The van der Waals surface area contributed by atoms with Crippen LogP contribution in [-0.2, 0) is 0 Å². The summed E-state index contributed by atoms with van der Waals surface area (Å²) < 4.78 is 5.90. The average Bonchev–Trinajstić information content (AvgIpc) is 2.74. The summed E-state index contributed by atoms with van der Waals surface area (Å²) in [5, 5.41) is 6.75. The van der Waals surface area contributed by atoms with Gasteiger partial charge in [-0.15, -0.1) is 0 Å². The number of hydrazone groups is 1. The molecular formula is C22H18BrN3O3. The van der Waals surface area contributed by atoms with E-state index in [9.17, 15) is 9.59 Å². The maximum absolute atomic E-state index is 12.5. The molecule has 0 saturated heterocycles. The van der Waals surface area contributed by atoms with Crippen LogP contribution in [0.4, 0.5) is 5.69 Å². The number of para-hydroxylation sites is 1. The van der Waals surface area contributed by atoms with Gasteiger partial charge in [-0.05, 0) is 60.2 Å². The van der Waals surface area contributed by atoms with Crippen LogP contribution in [0.1, 0.15) is 26.3 Å². The lowest BCUT2D eigenvalue weighted by molar-refractivity contribution is 0.0956. The van der Waals surface area contributed by atoms with Gasteiger partial charge in [0.1, 0.15) is 5.75 Å². The first-order valence-corrected chi connectivity index (χ1v) is 9.49. The van der Waals surface area contributed by atoms with Crippen LogP contribution in [0.3, 0.4) is 0 Å². The zero-order valence-corrected chi connectivity index (χ0v) is 17.1. The van der Waals surface area contributed by atoms with Crippen molar-refractivity contribution in [3.63, 3.8) is 0 Å². The summed E-state index contributed by atoms with van der Waals surface area (Å²) in [4.78, 5) is 25.0. The second kappa shape index (κ2) is 9.66. The molecule has 0 bridgehead atoms. The van der Waals surface area contributed by atoms with E-state index in [-0.39, 0.29) is 5.91 Å². The predicted molar refractivity (Wildman–Crippen MR) is 117 cm³/mol. The Bertz CT molecular complexity index is 1050. The molecule has 146 valence electrons. The number of rotatable bonds is 6. The summed E-state index contributed by atoms with van der Waals surface area (Å²) in [5.41, 5.74) is 4.47. The van der Waals surface area contributed by atoms with E-state index in [1.807, 2.05) is 18.2 Å². The van der Waals surface area contributed by atoms with E-state index in [0.29, 0.717) is 16.8 Å². The van der Waals surface area contributed by atoms with Gasteiger partial charge in [-0.2, -0.15) is 5.10 Å². The highest BCUT2D eigenvalue weighted by molar-refractivity contribution is 9.10. The lowest BCUT2D eigenvalue weighted by Gasteiger charge is -2.10. The molecule has 3 aromatic carbocycles. The van der Waals surface area contributed by atoms with Crippen molar-refractivity contribution in [1.29, 1.82) is 0 Å². The molecule has 6 nitrogen and oxygen atoms in total. The van der Waals surface area contributed by atoms with Crippen molar-refractivity contribution in [1.82, 2.24) is 5.43 Å². The molecule has 0 fully saturated rings. The molecule has 2 N–H and O–H groups in total. The maximum Gasteiger partial charge on any atom is 0.273 e. The van der Waals surface area contributed by atoms with Gasteiger partial charge in [0.05, 0.1) is 24.6 Å². The van der Waals surface area contributed by atoms with Crippen LogP contribution in [0.15, 0.2) is 82.4 Å². The molecule has 3 aromatic rings. The third-order valence-corrected chi connectivity index (χ3v) is 4.50. The summed E-state index contributed by atoms with van der Waals surface area (Å²) in [6.07, 6.45) is 1.53. The van der Waals surface area contributed by atoms with Crippen molar-refractivity contribution in [2.75, 3.05) is 12.4 Å². The second-order valence-electron chi connectivity index (χ2n) is 5.98. The monoisotopic (exact) mass is 451 g/mol. The summed E-state index contributed by atoms with van der Waals surface area (Å²) in [6.45, 7) is 0. The standard InChI is InChI=1S/C22H18BrN3O3/c1-29-18-11-9-15(10-12-18)14-24-26-22(28)19-7-2-3-8-20(19)25-21(27)16-5-4-6-17(23)13-16/h2-14H,1H3,(H,25,27)(H,26,28)/b24-14+. The zero-order chi connectivity index (χ0) is 20.6. The Hall–Kier alpha value is -3.45. The number of ether oxygens (including phenoxy) is 1. The van der Waals surface area contributed by atoms with Crippen molar-refractivity contribution in [3.8, 4) is 5.75 Å². The van der Waals surface area contributed by atoms with E-state index < -0.39 is 5.91 Å². The van der Waals surface area contributed by atoms with Gasteiger partial charge in [-0.25, -0.2) is 5.43 Å². The minimum absolute atomic E-state index is 0.308. The number of nitrogens with zero attached hydrogens (tertiary/aromatic N) is 1.